The lowest BCUT2D eigenvalue weighted by molar-refractivity contribution is 0.532. The quantitative estimate of drug-likeness (QED) is 0.615. The van der Waals surface area contributed by atoms with Crippen molar-refractivity contribution in [3.63, 3.8) is 0 Å². The Bertz CT molecular complexity index is 532. The van der Waals surface area contributed by atoms with Crippen molar-refractivity contribution in [2.75, 3.05) is 0 Å². The minimum atomic E-state index is 0.0383. The fourth-order valence-electron chi connectivity index (χ4n) is 2.18. The first-order valence-corrected chi connectivity index (χ1v) is 7.19. The third-order valence-corrected chi connectivity index (χ3v) is 3.98. The molecule has 0 amide bonds. The number of rotatable bonds is 6. The topological polar surface area (TPSA) is 81.7 Å². The van der Waals surface area contributed by atoms with Crippen LogP contribution >= 0.6 is 11.5 Å². The molecule has 0 aromatic carbocycles. The highest BCUT2D eigenvalue weighted by atomic mass is 32.1. The van der Waals surface area contributed by atoms with E-state index in [-0.39, 0.29) is 6.04 Å². The Kier molecular flexibility index (Phi) is 4.62. The van der Waals surface area contributed by atoms with E-state index in [1.165, 1.54) is 11.5 Å². The van der Waals surface area contributed by atoms with Crippen LogP contribution in [0.4, 0.5) is 0 Å². The molecular weight excluding hydrogens is 260 g/mol. The van der Waals surface area contributed by atoms with Crippen molar-refractivity contribution >= 4 is 11.5 Å². The molecule has 0 saturated heterocycles. The zero-order valence-corrected chi connectivity index (χ0v) is 12.4. The smallest absolute Gasteiger partial charge is 0.0804 e. The Balaban J connectivity index is 2.20. The molecule has 3 N–H and O–H groups in total. The Labute approximate surface area is 117 Å². The summed E-state index contributed by atoms with van der Waals surface area (Å²) in [6.07, 6.45) is 2.78. The van der Waals surface area contributed by atoms with Gasteiger partial charge in [0.05, 0.1) is 22.3 Å². The van der Waals surface area contributed by atoms with E-state index in [0.717, 1.165) is 41.2 Å². The van der Waals surface area contributed by atoms with Crippen LogP contribution in [0.25, 0.3) is 0 Å². The molecule has 0 radical (unpaired) electrons. The fourth-order valence-corrected chi connectivity index (χ4v) is 2.94. The van der Waals surface area contributed by atoms with Gasteiger partial charge in [-0.25, -0.2) is 0 Å². The van der Waals surface area contributed by atoms with Crippen molar-refractivity contribution in [3.05, 3.63) is 28.0 Å². The Morgan fingerprint density at radius 2 is 2.32 bits per heavy atom. The number of aromatic nitrogens is 4. The first-order chi connectivity index (χ1) is 9.15. The van der Waals surface area contributed by atoms with Crippen molar-refractivity contribution < 1.29 is 0 Å². The summed E-state index contributed by atoms with van der Waals surface area (Å²) in [5.41, 5.74) is 6.10. The number of nitrogens with zero attached hydrogens (tertiary/aromatic N) is 4. The van der Waals surface area contributed by atoms with Crippen LogP contribution in [0.1, 0.15) is 41.3 Å². The monoisotopic (exact) mass is 280 g/mol. The molecule has 2 rings (SSSR count). The Morgan fingerprint density at radius 1 is 1.53 bits per heavy atom. The molecule has 7 heteroatoms. The molecule has 0 fully saturated rings. The third kappa shape index (κ3) is 3.17. The maximum atomic E-state index is 5.71. The maximum absolute atomic E-state index is 5.71. The van der Waals surface area contributed by atoms with Crippen molar-refractivity contribution in [3.8, 4) is 0 Å². The van der Waals surface area contributed by atoms with Crippen molar-refractivity contribution in [2.45, 2.75) is 39.2 Å². The lowest BCUT2D eigenvalue weighted by atomic mass is 10.1. The minimum Gasteiger partial charge on any atom is -0.272 e. The van der Waals surface area contributed by atoms with Crippen LogP contribution in [-0.4, -0.2) is 19.4 Å². The minimum absolute atomic E-state index is 0.0383. The van der Waals surface area contributed by atoms with E-state index in [4.69, 9.17) is 5.84 Å². The van der Waals surface area contributed by atoms with Crippen LogP contribution in [0.3, 0.4) is 0 Å². The normalized spacial score (nSPS) is 12.8. The van der Waals surface area contributed by atoms with Gasteiger partial charge < -0.3 is 0 Å². The highest BCUT2D eigenvalue weighted by Crippen LogP contribution is 2.24. The average molecular weight is 280 g/mol. The predicted molar refractivity (Wildman–Crippen MR) is 75.6 cm³/mol. The second-order valence-electron chi connectivity index (χ2n) is 4.66. The molecule has 0 saturated carbocycles. The first kappa shape index (κ1) is 14.1. The van der Waals surface area contributed by atoms with Gasteiger partial charge in [0.1, 0.15) is 0 Å². The van der Waals surface area contributed by atoms with Gasteiger partial charge in [-0.15, -0.1) is 5.10 Å². The van der Waals surface area contributed by atoms with Gasteiger partial charge in [0.2, 0.25) is 0 Å². The maximum Gasteiger partial charge on any atom is 0.0804 e. The van der Waals surface area contributed by atoms with Gasteiger partial charge in [-0.2, -0.15) is 5.10 Å². The lowest BCUT2D eigenvalue weighted by Crippen LogP contribution is -2.30. The molecule has 0 bridgehead atoms. The molecule has 0 spiro atoms. The average Bonchev–Trinajstić information content (AvgIpc) is 2.94. The molecule has 0 aliphatic carbocycles. The van der Waals surface area contributed by atoms with Crippen LogP contribution < -0.4 is 11.3 Å². The van der Waals surface area contributed by atoms with E-state index in [2.05, 4.69) is 33.1 Å². The van der Waals surface area contributed by atoms with Gasteiger partial charge in [-0.1, -0.05) is 17.8 Å². The van der Waals surface area contributed by atoms with Gasteiger partial charge >= 0.3 is 0 Å². The molecule has 1 unspecified atom stereocenters. The molecule has 104 valence electrons. The largest absolute Gasteiger partial charge is 0.272 e. The van der Waals surface area contributed by atoms with Gasteiger partial charge in [0, 0.05) is 19.2 Å². The fraction of sp³-hybridized carbons (Fsp3) is 0.583. The molecule has 19 heavy (non-hydrogen) atoms. The van der Waals surface area contributed by atoms with E-state index >= 15 is 0 Å². The summed E-state index contributed by atoms with van der Waals surface area (Å²) in [5, 5.41) is 8.55. The molecule has 2 aromatic heterocycles. The summed E-state index contributed by atoms with van der Waals surface area (Å²) in [6, 6.07) is 2.12. The van der Waals surface area contributed by atoms with Gasteiger partial charge in [0.15, 0.2) is 0 Å². The third-order valence-electron chi connectivity index (χ3n) is 3.10. The van der Waals surface area contributed by atoms with Gasteiger partial charge in [0.25, 0.3) is 0 Å². The van der Waals surface area contributed by atoms with E-state index in [9.17, 15) is 0 Å². The zero-order valence-electron chi connectivity index (χ0n) is 11.6. The summed E-state index contributed by atoms with van der Waals surface area (Å²) in [6.45, 7) is 4.13. The summed E-state index contributed by atoms with van der Waals surface area (Å²) < 4.78 is 5.95. The zero-order chi connectivity index (χ0) is 13.8. The molecule has 0 aliphatic rings. The number of hydrogen-bond donors (Lipinski definition) is 2. The van der Waals surface area contributed by atoms with E-state index in [0.29, 0.717) is 0 Å². The van der Waals surface area contributed by atoms with Crippen LogP contribution in [0.2, 0.25) is 0 Å². The Morgan fingerprint density at radius 3 is 2.89 bits per heavy atom. The van der Waals surface area contributed by atoms with Crippen LogP contribution in [0.5, 0.6) is 0 Å². The van der Waals surface area contributed by atoms with E-state index < -0.39 is 0 Å². The number of nitrogens with two attached hydrogens (primary N) is 1. The summed E-state index contributed by atoms with van der Waals surface area (Å²) in [7, 11) is 1.95. The summed E-state index contributed by atoms with van der Waals surface area (Å²) >= 11 is 1.42. The predicted octanol–water partition coefficient (Wildman–Crippen LogP) is 1.28. The Hall–Kier alpha value is -1.31. The standard InChI is InChI=1S/C12H20N6S/c1-4-5-10-12(19-17-15-10)11(14-13)7-9-6-8(2)16-18(9)3/h6,11,14H,4-5,7,13H2,1-3H3. The van der Waals surface area contributed by atoms with Crippen molar-refractivity contribution in [1.29, 1.82) is 0 Å². The van der Waals surface area contributed by atoms with E-state index in [1.54, 1.807) is 0 Å². The van der Waals surface area contributed by atoms with Crippen LogP contribution in [0, 0.1) is 6.92 Å². The lowest BCUT2D eigenvalue weighted by Gasteiger charge is -2.14. The molecular formula is C12H20N6S. The molecule has 6 nitrogen and oxygen atoms in total. The van der Waals surface area contributed by atoms with Crippen molar-refractivity contribution in [1.82, 2.24) is 24.8 Å². The number of hydrazine groups is 1. The highest BCUT2D eigenvalue weighted by molar-refractivity contribution is 7.05. The second-order valence-corrected chi connectivity index (χ2v) is 5.44. The summed E-state index contributed by atoms with van der Waals surface area (Å²) in [5.74, 6) is 5.71. The first-order valence-electron chi connectivity index (χ1n) is 6.42. The number of nitrogens with one attached hydrogen (secondary N) is 1. The number of hydrogen-bond acceptors (Lipinski definition) is 6. The van der Waals surface area contributed by atoms with Gasteiger partial charge in [-0.3, -0.25) is 16.0 Å². The summed E-state index contributed by atoms with van der Waals surface area (Å²) in [4.78, 5) is 1.13. The second kappa shape index (κ2) is 6.23. The molecule has 2 aromatic rings. The van der Waals surface area contributed by atoms with Crippen LogP contribution in [-0.2, 0) is 19.9 Å². The molecule has 1 atom stereocenters. The van der Waals surface area contributed by atoms with Crippen LogP contribution in [0.15, 0.2) is 6.07 Å². The van der Waals surface area contributed by atoms with Crippen molar-refractivity contribution in [2.24, 2.45) is 12.9 Å². The highest BCUT2D eigenvalue weighted by Gasteiger charge is 2.19. The van der Waals surface area contributed by atoms with Gasteiger partial charge in [-0.05, 0) is 30.9 Å². The van der Waals surface area contributed by atoms with E-state index in [1.807, 2.05) is 18.7 Å². The number of aryl methyl sites for hydroxylation is 3. The SMILES string of the molecule is CCCc1nnsc1C(Cc1cc(C)nn1C)NN. The molecule has 2 heterocycles. The molecule has 0 aliphatic heterocycles.